The number of nitrogens with one attached hydrogen (secondary N) is 1. The summed E-state index contributed by atoms with van der Waals surface area (Å²) in [6, 6.07) is 18.7. The number of carbonyl (C=O) groups excluding carboxylic acids is 1. The minimum atomic E-state index is 0.0837. The third-order valence-electron chi connectivity index (χ3n) is 5.04. The average Bonchev–Trinajstić information content (AvgIpc) is 2.69. The fourth-order valence-corrected chi connectivity index (χ4v) is 3.54. The van der Waals surface area contributed by atoms with E-state index in [4.69, 9.17) is 4.74 Å². The first-order valence-electron chi connectivity index (χ1n) is 9.42. The summed E-state index contributed by atoms with van der Waals surface area (Å²) >= 11 is 0. The van der Waals surface area contributed by atoms with Gasteiger partial charge in [-0.15, -0.1) is 0 Å². The smallest absolute Gasteiger partial charge is 0.224 e. The first-order chi connectivity index (χ1) is 12.7. The van der Waals surface area contributed by atoms with E-state index in [0.717, 1.165) is 37.4 Å². The number of benzene rings is 2. The van der Waals surface area contributed by atoms with Gasteiger partial charge in [0, 0.05) is 19.1 Å². The van der Waals surface area contributed by atoms with Crippen LogP contribution in [0.2, 0.25) is 0 Å². The Hall–Kier alpha value is -2.33. The zero-order chi connectivity index (χ0) is 18.2. The zero-order valence-corrected chi connectivity index (χ0v) is 15.5. The lowest BCUT2D eigenvalue weighted by molar-refractivity contribution is -0.120. The summed E-state index contributed by atoms with van der Waals surface area (Å²) in [5, 5.41) is 3.13. The van der Waals surface area contributed by atoms with Gasteiger partial charge in [-0.2, -0.15) is 0 Å². The van der Waals surface area contributed by atoms with Gasteiger partial charge in [0.15, 0.2) is 0 Å². The van der Waals surface area contributed by atoms with E-state index in [9.17, 15) is 4.79 Å². The zero-order valence-electron chi connectivity index (χ0n) is 15.5. The first-order valence-corrected chi connectivity index (χ1v) is 9.42. The second-order valence-electron chi connectivity index (χ2n) is 6.93. The monoisotopic (exact) mass is 352 g/mol. The van der Waals surface area contributed by atoms with Crippen molar-refractivity contribution in [1.29, 1.82) is 0 Å². The van der Waals surface area contributed by atoms with Crippen LogP contribution in [-0.4, -0.2) is 37.0 Å². The van der Waals surface area contributed by atoms with Gasteiger partial charge in [-0.25, -0.2) is 0 Å². The van der Waals surface area contributed by atoms with Crippen LogP contribution in [0, 0.1) is 0 Å². The highest BCUT2D eigenvalue weighted by Crippen LogP contribution is 2.19. The Morgan fingerprint density at radius 1 is 1.08 bits per heavy atom. The molecule has 4 heteroatoms. The lowest BCUT2D eigenvalue weighted by Gasteiger charge is -2.36. The summed E-state index contributed by atoms with van der Waals surface area (Å²) in [6.07, 6.45) is 4.04. The Bertz CT molecular complexity index is 685. The quantitative estimate of drug-likeness (QED) is 0.830. The Kier molecular flexibility index (Phi) is 6.67. The van der Waals surface area contributed by atoms with Crippen molar-refractivity contribution in [3.63, 3.8) is 0 Å². The summed E-state index contributed by atoms with van der Waals surface area (Å²) < 4.78 is 5.16. The van der Waals surface area contributed by atoms with Crippen LogP contribution in [0.5, 0.6) is 5.75 Å². The van der Waals surface area contributed by atoms with Crippen molar-refractivity contribution in [3.05, 3.63) is 65.7 Å². The Morgan fingerprint density at radius 2 is 1.85 bits per heavy atom. The van der Waals surface area contributed by atoms with Crippen LogP contribution in [0.25, 0.3) is 0 Å². The second kappa shape index (κ2) is 9.39. The molecule has 2 aromatic rings. The molecular formula is C22H28N2O2. The number of hydrogen-bond acceptors (Lipinski definition) is 3. The van der Waals surface area contributed by atoms with Crippen molar-refractivity contribution >= 4 is 5.91 Å². The molecule has 0 radical (unpaired) electrons. The highest BCUT2D eigenvalue weighted by Gasteiger charge is 2.22. The van der Waals surface area contributed by atoms with Crippen LogP contribution in [0.4, 0.5) is 0 Å². The average molecular weight is 352 g/mol. The number of carbonyl (C=O) groups is 1. The minimum absolute atomic E-state index is 0.0837. The third-order valence-corrected chi connectivity index (χ3v) is 5.04. The summed E-state index contributed by atoms with van der Waals surface area (Å²) in [6.45, 7) is 2.79. The fourth-order valence-electron chi connectivity index (χ4n) is 3.54. The van der Waals surface area contributed by atoms with Crippen molar-refractivity contribution in [3.8, 4) is 5.75 Å². The van der Waals surface area contributed by atoms with E-state index in [1.165, 1.54) is 18.4 Å². The lowest BCUT2D eigenvalue weighted by atomic mass is 10.0. The number of piperidine rings is 1. The highest BCUT2D eigenvalue weighted by atomic mass is 16.5. The van der Waals surface area contributed by atoms with Crippen LogP contribution in [0.3, 0.4) is 0 Å². The maximum atomic E-state index is 12.3. The molecule has 1 aliphatic heterocycles. The summed E-state index contributed by atoms with van der Waals surface area (Å²) in [7, 11) is 1.65. The van der Waals surface area contributed by atoms with Gasteiger partial charge < -0.3 is 10.1 Å². The number of hydrogen-bond donors (Lipinski definition) is 1. The van der Waals surface area contributed by atoms with Gasteiger partial charge in [-0.05, 0) is 42.6 Å². The molecule has 1 unspecified atom stereocenters. The molecule has 4 nitrogen and oxygen atoms in total. The Balaban J connectivity index is 1.50. The summed E-state index contributed by atoms with van der Waals surface area (Å²) in [5.74, 6) is 0.897. The number of ether oxygens (including phenoxy) is 1. The van der Waals surface area contributed by atoms with Crippen LogP contribution in [-0.2, 0) is 17.8 Å². The minimum Gasteiger partial charge on any atom is -0.497 e. The van der Waals surface area contributed by atoms with Crippen LogP contribution < -0.4 is 10.1 Å². The molecule has 0 aromatic heterocycles. The molecule has 138 valence electrons. The predicted octanol–water partition coefficient (Wildman–Crippen LogP) is 3.41. The van der Waals surface area contributed by atoms with Crippen molar-refractivity contribution in [2.24, 2.45) is 0 Å². The van der Waals surface area contributed by atoms with Crippen molar-refractivity contribution < 1.29 is 9.53 Å². The molecule has 3 rings (SSSR count). The first kappa shape index (κ1) is 18.5. The van der Waals surface area contributed by atoms with Crippen molar-refractivity contribution in [2.75, 3.05) is 20.2 Å². The molecule has 1 atom stereocenters. The van der Waals surface area contributed by atoms with E-state index >= 15 is 0 Å². The molecule has 26 heavy (non-hydrogen) atoms. The molecule has 1 N–H and O–H groups in total. The molecule has 1 aliphatic rings. The molecule has 1 amide bonds. The van der Waals surface area contributed by atoms with Gasteiger partial charge in [-0.1, -0.05) is 48.9 Å². The van der Waals surface area contributed by atoms with Crippen molar-refractivity contribution in [1.82, 2.24) is 10.2 Å². The lowest BCUT2D eigenvalue weighted by Crippen LogP contribution is -2.46. The van der Waals surface area contributed by atoms with Crippen LogP contribution in [0.15, 0.2) is 54.6 Å². The predicted molar refractivity (Wildman–Crippen MR) is 104 cm³/mol. The van der Waals surface area contributed by atoms with Crippen molar-refractivity contribution in [2.45, 2.75) is 38.3 Å². The Labute approximate surface area is 156 Å². The number of methoxy groups -OCH3 is 1. The van der Waals surface area contributed by atoms with Gasteiger partial charge in [0.25, 0.3) is 0 Å². The maximum Gasteiger partial charge on any atom is 0.224 e. The van der Waals surface area contributed by atoms with E-state index in [-0.39, 0.29) is 5.91 Å². The maximum absolute atomic E-state index is 12.3. The molecule has 0 spiro atoms. The van der Waals surface area contributed by atoms with Gasteiger partial charge in [-0.3, -0.25) is 9.69 Å². The standard InChI is InChI=1S/C22H28N2O2/c1-26-21-12-10-18(11-13-21)15-22(25)23-16-20-9-5-6-14-24(20)17-19-7-3-2-4-8-19/h2-4,7-8,10-13,20H,5-6,9,14-17H2,1H3,(H,23,25). The molecular weight excluding hydrogens is 324 g/mol. The number of amides is 1. The van der Waals surface area contributed by atoms with Gasteiger partial charge >= 0.3 is 0 Å². The number of rotatable bonds is 7. The van der Waals surface area contributed by atoms with Crippen LogP contribution in [0.1, 0.15) is 30.4 Å². The molecule has 1 saturated heterocycles. The summed E-state index contributed by atoms with van der Waals surface area (Å²) in [4.78, 5) is 14.8. The molecule has 0 bridgehead atoms. The molecule has 1 fully saturated rings. The van der Waals surface area contributed by atoms with E-state index in [1.54, 1.807) is 7.11 Å². The fraction of sp³-hybridized carbons (Fsp3) is 0.409. The van der Waals surface area contributed by atoms with E-state index < -0.39 is 0 Å². The second-order valence-corrected chi connectivity index (χ2v) is 6.93. The van der Waals surface area contributed by atoms with Crippen LogP contribution >= 0.6 is 0 Å². The Morgan fingerprint density at radius 3 is 2.58 bits per heavy atom. The molecule has 2 aromatic carbocycles. The SMILES string of the molecule is COc1ccc(CC(=O)NCC2CCCCN2Cc2ccccc2)cc1. The normalized spacial score (nSPS) is 17.7. The van der Waals surface area contributed by atoms with E-state index in [2.05, 4.69) is 40.5 Å². The topological polar surface area (TPSA) is 41.6 Å². The van der Waals surface area contributed by atoms with Gasteiger partial charge in [0.2, 0.25) is 5.91 Å². The molecule has 1 heterocycles. The molecule has 0 saturated carbocycles. The number of nitrogens with zero attached hydrogens (tertiary/aromatic N) is 1. The van der Waals surface area contributed by atoms with E-state index in [0.29, 0.717) is 12.5 Å². The summed E-state index contributed by atoms with van der Waals surface area (Å²) in [5.41, 5.74) is 2.34. The van der Waals surface area contributed by atoms with Gasteiger partial charge in [0.05, 0.1) is 13.5 Å². The molecule has 0 aliphatic carbocycles. The highest BCUT2D eigenvalue weighted by molar-refractivity contribution is 5.78. The third kappa shape index (κ3) is 5.33. The number of likely N-dealkylation sites (tertiary alicyclic amines) is 1. The van der Waals surface area contributed by atoms with Gasteiger partial charge in [0.1, 0.15) is 5.75 Å². The largest absolute Gasteiger partial charge is 0.497 e. The van der Waals surface area contributed by atoms with E-state index in [1.807, 2.05) is 24.3 Å².